The molecule has 3 aromatic rings. The van der Waals surface area contributed by atoms with Gasteiger partial charge >= 0.3 is 0 Å². The van der Waals surface area contributed by atoms with Crippen molar-refractivity contribution < 1.29 is 0 Å². The molecule has 2 aromatic carbocycles. The zero-order chi connectivity index (χ0) is 17.8. The van der Waals surface area contributed by atoms with Crippen molar-refractivity contribution in [2.45, 2.75) is 34.2 Å². The molecule has 0 aliphatic rings. The number of hydrogen-bond acceptors (Lipinski definition) is 4. The number of nitrogens with one attached hydrogen (secondary N) is 2. The van der Waals surface area contributed by atoms with E-state index < -0.39 is 0 Å². The van der Waals surface area contributed by atoms with E-state index >= 15 is 0 Å². The first-order valence-corrected chi connectivity index (χ1v) is 8.49. The third-order valence-electron chi connectivity index (χ3n) is 4.17. The minimum Gasteiger partial charge on any atom is -0.350 e. The third kappa shape index (κ3) is 4.57. The normalized spacial score (nSPS) is 10.6. The Bertz CT molecular complexity index is 887. The lowest BCUT2D eigenvalue weighted by Gasteiger charge is -2.11. The van der Waals surface area contributed by atoms with E-state index in [4.69, 9.17) is 0 Å². The highest BCUT2D eigenvalue weighted by Gasteiger charge is 2.04. The molecule has 1 aromatic heterocycles. The minimum absolute atomic E-state index is 0.632. The van der Waals surface area contributed by atoms with Crippen LogP contribution in [0.5, 0.6) is 0 Å². The van der Waals surface area contributed by atoms with Crippen LogP contribution in [0.25, 0.3) is 0 Å². The molecule has 0 aliphatic heterocycles. The number of anilines is 3. The lowest BCUT2D eigenvalue weighted by Crippen LogP contribution is -2.06. The Morgan fingerprint density at radius 2 is 1.68 bits per heavy atom. The highest BCUT2D eigenvalue weighted by Crippen LogP contribution is 2.20. The van der Waals surface area contributed by atoms with Crippen molar-refractivity contribution in [3.63, 3.8) is 0 Å². The quantitative estimate of drug-likeness (QED) is 0.685. The number of hydrogen-bond donors (Lipinski definition) is 2. The molecule has 0 atom stereocenters. The van der Waals surface area contributed by atoms with Crippen molar-refractivity contribution in [2.75, 3.05) is 10.6 Å². The van der Waals surface area contributed by atoms with E-state index in [1.165, 1.54) is 22.3 Å². The summed E-state index contributed by atoms with van der Waals surface area (Å²) in [5.74, 6) is 1.43. The van der Waals surface area contributed by atoms with Gasteiger partial charge in [0, 0.05) is 24.0 Å². The Hall–Kier alpha value is -2.88. The second-order valence-electron chi connectivity index (χ2n) is 6.48. The van der Waals surface area contributed by atoms with Crippen LogP contribution >= 0.6 is 0 Å². The van der Waals surface area contributed by atoms with Gasteiger partial charge in [0.05, 0.1) is 0 Å². The van der Waals surface area contributed by atoms with E-state index in [0.717, 1.165) is 17.2 Å². The molecule has 3 rings (SSSR count). The van der Waals surface area contributed by atoms with Crippen molar-refractivity contribution >= 4 is 17.5 Å². The van der Waals surface area contributed by atoms with E-state index in [-0.39, 0.29) is 0 Å². The molecule has 2 N–H and O–H groups in total. The van der Waals surface area contributed by atoms with E-state index in [1.807, 2.05) is 13.0 Å². The summed E-state index contributed by atoms with van der Waals surface area (Å²) in [5.41, 5.74) is 6.97. The predicted molar refractivity (Wildman–Crippen MR) is 104 cm³/mol. The molecule has 0 radical (unpaired) electrons. The van der Waals surface area contributed by atoms with E-state index in [2.05, 4.69) is 83.8 Å². The van der Waals surface area contributed by atoms with Crippen molar-refractivity contribution in [3.05, 3.63) is 76.5 Å². The van der Waals surface area contributed by atoms with Crippen LogP contribution in [-0.4, -0.2) is 9.97 Å². The maximum atomic E-state index is 4.59. The second-order valence-corrected chi connectivity index (χ2v) is 6.48. The molecule has 25 heavy (non-hydrogen) atoms. The van der Waals surface area contributed by atoms with Crippen LogP contribution in [-0.2, 0) is 6.54 Å². The Morgan fingerprint density at radius 3 is 2.44 bits per heavy atom. The molecule has 0 saturated heterocycles. The van der Waals surface area contributed by atoms with Crippen LogP contribution in [0, 0.1) is 27.7 Å². The lowest BCUT2D eigenvalue weighted by atomic mass is 10.1. The van der Waals surface area contributed by atoms with Gasteiger partial charge in [-0.2, -0.15) is 4.98 Å². The topological polar surface area (TPSA) is 49.8 Å². The average Bonchev–Trinajstić information content (AvgIpc) is 2.56. The third-order valence-corrected chi connectivity index (χ3v) is 4.17. The van der Waals surface area contributed by atoms with Crippen LogP contribution in [0.3, 0.4) is 0 Å². The van der Waals surface area contributed by atoms with Crippen LogP contribution < -0.4 is 10.6 Å². The molecule has 0 saturated carbocycles. The second kappa shape index (κ2) is 7.34. The zero-order valence-corrected chi connectivity index (χ0v) is 15.2. The summed E-state index contributed by atoms with van der Waals surface area (Å²) in [5, 5.41) is 6.68. The molecule has 1 heterocycles. The predicted octanol–water partition coefficient (Wildman–Crippen LogP) is 5.07. The van der Waals surface area contributed by atoms with Crippen LogP contribution in [0.4, 0.5) is 17.5 Å². The Labute approximate surface area is 149 Å². The Balaban J connectivity index is 1.74. The number of aryl methyl sites for hydroxylation is 4. The van der Waals surface area contributed by atoms with Crippen LogP contribution in [0.2, 0.25) is 0 Å². The molecule has 0 fully saturated rings. The molecule has 0 unspecified atom stereocenters. The maximum Gasteiger partial charge on any atom is 0.225 e. The smallest absolute Gasteiger partial charge is 0.225 e. The fraction of sp³-hybridized carbons (Fsp3) is 0.238. The molecule has 0 spiro atoms. The zero-order valence-electron chi connectivity index (χ0n) is 15.2. The standard InChI is InChI=1S/C21H24N4/c1-14-6-5-7-18(10-14)13-22-21-23-17(4)12-20(25-21)24-19-9-8-15(2)16(3)11-19/h5-12H,13H2,1-4H3,(H2,22,23,24,25). The number of nitrogens with zero attached hydrogens (tertiary/aromatic N) is 2. The fourth-order valence-electron chi connectivity index (χ4n) is 2.68. The summed E-state index contributed by atoms with van der Waals surface area (Å²) in [7, 11) is 0. The van der Waals surface area contributed by atoms with Crippen LogP contribution in [0.15, 0.2) is 48.5 Å². The van der Waals surface area contributed by atoms with Crippen molar-refractivity contribution in [1.82, 2.24) is 9.97 Å². The number of benzene rings is 2. The molecule has 4 heteroatoms. The summed E-state index contributed by atoms with van der Waals surface area (Å²) in [6, 6.07) is 16.7. The van der Waals surface area contributed by atoms with Crippen molar-refractivity contribution in [1.29, 1.82) is 0 Å². The van der Waals surface area contributed by atoms with Crippen LogP contribution in [0.1, 0.15) is 27.9 Å². The molecular weight excluding hydrogens is 308 g/mol. The van der Waals surface area contributed by atoms with Gasteiger partial charge in [0.1, 0.15) is 5.82 Å². The summed E-state index contributed by atoms with van der Waals surface area (Å²) < 4.78 is 0. The summed E-state index contributed by atoms with van der Waals surface area (Å²) in [6.07, 6.45) is 0. The first-order valence-electron chi connectivity index (χ1n) is 8.49. The first-order chi connectivity index (χ1) is 12.0. The van der Waals surface area contributed by atoms with Gasteiger partial charge in [0.25, 0.3) is 0 Å². The SMILES string of the molecule is Cc1cccc(CNc2nc(C)cc(Nc3ccc(C)c(C)c3)n2)c1. The van der Waals surface area contributed by atoms with Crippen molar-refractivity contribution in [3.8, 4) is 0 Å². The monoisotopic (exact) mass is 332 g/mol. The summed E-state index contributed by atoms with van der Waals surface area (Å²) in [6.45, 7) is 9.00. The molecule has 0 amide bonds. The summed E-state index contributed by atoms with van der Waals surface area (Å²) >= 11 is 0. The Kier molecular flexibility index (Phi) is 4.98. The molecule has 0 aliphatic carbocycles. The van der Waals surface area contributed by atoms with Gasteiger partial charge in [-0.3, -0.25) is 0 Å². The first kappa shape index (κ1) is 17.0. The number of aromatic nitrogens is 2. The molecule has 0 bridgehead atoms. The van der Waals surface area contributed by atoms with Gasteiger partial charge in [-0.1, -0.05) is 35.9 Å². The van der Waals surface area contributed by atoms with Gasteiger partial charge in [-0.15, -0.1) is 0 Å². The van der Waals surface area contributed by atoms with E-state index in [1.54, 1.807) is 0 Å². The van der Waals surface area contributed by atoms with Gasteiger partial charge < -0.3 is 10.6 Å². The van der Waals surface area contributed by atoms with Gasteiger partial charge in [0.15, 0.2) is 0 Å². The van der Waals surface area contributed by atoms with Gasteiger partial charge in [-0.05, 0) is 56.5 Å². The molecular formula is C21H24N4. The maximum absolute atomic E-state index is 4.59. The van der Waals surface area contributed by atoms with Gasteiger partial charge in [-0.25, -0.2) is 4.98 Å². The average molecular weight is 332 g/mol. The highest BCUT2D eigenvalue weighted by atomic mass is 15.1. The lowest BCUT2D eigenvalue weighted by molar-refractivity contribution is 1.03. The highest BCUT2D eigenvalue weighted by molar-refractivity contribution is 5.59. The van der Waals surface area contributed by atoms with Crippen molar-refractivity contribution in [2.24, 2.45) is 0 Å². The number of rotatable bonds is 5. The van der Waals surface area contributed by atoms with E-state index in [9.17, 15) is 0 Å². The van der Waals surface area contributed by atoms with E-state index in [0.29, 0.717) is 12.5 Å². The largest absolute Gasteiger partial charge is 0.350 e. The fourth-order valence-corrected chi connectivity index (χ4v) is 2.68. The van der Waals surface area contributed by atoms with Gasteiger partial charge in [0.2, 0.25) is 5.95 Å². The Morgan fingerprint density at radius 1 is 0.840 bits per heavy atom. The summed E-state index contributed by atoms with van der Waals surface area (Å²) in [4.78, 5) is 9.07. The molecule has 128 valence electrons. The molecule has 4 nitrogen and oxygen atoms in total. The minimum atomic E-state index is 0.632.